The van der Waals surface area contributed by atoms with Crippen LogP contribution in [0, 0.1) is 0 Å². The van der Waals surface area contributed by atoms with E-state index in [2.05, 4.69) is 15.9 Å². The van der Waals surface area contributed by atoms with Gasteiger partial charge in [-0.3, -0.25) is 0 Å². The first-order chi connectivity index (χ1) is 10.1. The van der Waals surface area contributed by atoms with E-state index in [9.17, 15) is 0 Å². The third kappa shape index (κ3) is 3.42. The Bertz CT molecular complexity index is 500. The molecule has 2 unspecified atom stereocenters. The number of nitrogens with two attached hydrogens (primary N) is 1. The topological polar surface area (TPSA) is 53.7 Å². The summed E-state index contributed by atoms with van der Waals surface area (Å²) < 4.78 is 18.7. The van der Waals surface area contributed by atoms with E-state index in [-0.39, 0.29) is 17.7 Å². The highest BCUT2D eigenvalue weighted by Gasteiger charge is 2.42. The molecule has 2 aliphatic rings. The van der Waals surface area contributed by atoms with E-state index in [1.54, 1.807) is 0 Å². The highest BCUT2D eigenvalue weighted by molar-refractivity contribution is 9.10. The van der Waals surface area contributed by atoms with Crippen LogP contribution in [-0.4, -0.2) is 31.5 Å². The highest BCUT2D eigenvalue weighted by Crippen LogP contribution is 2.36. The second kappa shape index (κ2) is 6.24. The second-order valence-corrected chi connectivity index (χ2v) is 6.95. The molecular weight excluding hydrogens is 334 g/mol. The van der Waals surface area contributed by atoms with Gasteiger partial charge in [-0.15, -0.1) is 0 Å². The highest BCUT2D eigenvalue weighted by atomic mass is 79.9. The average Bonchev–Trinajstić information content (AvgIpc) is 2.86. The van der Waals surface area contributed by atoms with Crippen molar-refractivity contribution >= 4 is 15.9 Å². The summed E-state index contributed by atoms with van der Waals surface area (Å²) in [5.74, 6) is 0.875. The van der Waals surface area contributed by atoms with Gasteiger partial charge >= 0.3 is 0 Å². The summed E-state index contributed by atoms with van der Waals surface area (Å²) in [5, 5.41) is 0. The molecule has 1 aromatic rings. The fraction of sp³-hybridized carbons (Fsp3) is 0.625. The number of rotatable bonds is 3. The number of ether oxygens (including phenoxy) is 3. The molecule has 2 fully saturated rings. The first-order valence-corrected chi connectivity index (χ1v) is 8.31. The maximum atomic E-state index is 6.27. The molecule has 2 saturated heterocycles. The van der Waals surface area contributed by atoms with E-state index in [1.165, 1.54) is 0 Å². The lowest BCUT2D eigenvalue weighted by atomic mass is 9.91. The Morgan fingerprint density at radius 2 is 2.29 bits per heavy atom. The quantitative estimate of drug-likeness (QED) is 0.904. The number of hydrogen-bond donors (Lipinski definition) is 1. The Morgan fingerprint density at radius 3 is 3.00 bits per heavy atom. The van der Waals surface area contributed by atoms with Gasteiger partial charge in [0.15, 0.2) is 0 Å². The van der Waals surface area contributed by atoms with Crippen molar-refractivity contribution in [2.24, 2.45) is 5.73 Å². The number of benzene rings is 1. The van der Waals surface area contributed by atoms with E-state index < -0.39 is 0 Å². The molecule has 0 saturated carbocycles. The molecule has 3 atom stereocenters. The minimum absolute atomic E-state index is 0.0447. The van der Waals surface area contributed by atoms with Crippen molar-refractivity contribution in [2.75, 3.05) is 19.8 Å². The van der Waals surface area contributed by atoms with Gasteiger partial charge in [-0.05, 0) is 19.1 Å². The van der Waals surface area contributed by atoms with Crippen molar-refractivity contribution in [3.63, 3.8) is 0 Å². The maximum absolute atomic E-state index is 6.27. The average molecular weight is 356 g/mol. The Labute approximate surface area is 134 Å². The minimum Gasteiger partial charge on any atom is -0.490 e. The van der Waals surface area contributed by atoms with Gasteiger partial charge in [0.25, 0.3) is 0 Å². The molecule has 0 aromatic heterocycles. The Morgan fingerprint density at radius 1 is 1.43 bits per heavy atom. The predicted octanol–water partition coefficient (Wildman–Crippen LogP) is 3.19. The lowest BCUT2D eigenvalue weighted by Gasteiger charge is -2.37. The van der Waals surface area contributed by atoms with Crippen LogP contribution in [0.5, 0.6) is 5.75 Å². The van der Waals surface area contributed by atoms with Crippen molar-refractivity contribution in [2.45, 2.75) is 43.9 Å². The van der Waals surface area contributed by atoms with Crippen molar-refractivity contribution in [3.8, 4) is 5.75 Å². The Kier molecular flexibility index (Phi) is 4.54. The van der Waals surface area contributed by atoms with Crippen LogP contribution in [0.3, 0.4) is 0 Å². The number of halogens is 1. The smallest absolute Gasteiger partial charge is 0.125 e. The van der Waals surface area contributed by atoms with Gasteiger partial charge in [-0.2, -0.15) is 0 Å². The number of hydrogen-bond acceptors (Lipinski definition) is 4. The first kappa shape index (κ1) is 15.3. The van der Waals surface area contributed by atoms with Crippen molar-refractivity contribution < 1.29 is 14.2 Å². The molecular formula is C16H22BrNO3. The third-order valence-electron chi connectivity index (χ3n) is 4.27. The van der Waals surface area contributed by atoms with Gasteiger partial charge in [0.1, 0.15) is 11.9 Å². The van der Waals surface area contributed by atoms with E-state index >= 15 is 0 Å². The van der Waals surface area contributed by atoms with Gasteiger partial charge in [-0.25, -0.2) is 0 Å². The standard InChI is InChI=1S/C16H22BrNO3/c1-11(18)14-3-2-12(17)8-15(14)21-13-4-6-20-16(9-13)5-7-19-10-16/h2-3,8,11,13H,4-7,9-10,18H2,1H3/t11-,13?,16?/m0/s1. The molecule has 1 spiro atoms. The summed E-state index contributed by atoms with van der Waals surface area (Å²) in [6.45, 7) is 4.18. The monoisotopic (exact) mass is 355 g/mol. The molecule has 0 aliphatic carbocycles. The summed E-state index contributed by atoms with van der Waals surface area (Å²) in [4.78, 5) is 0. The summed E-state index contributed by atoms with van der Waals surface area (Å²) >= 11 is 3.50. The van der Waals surface area contributed by atoms with E-state index in [0.29, 0.717) is 6.61 Å². The van der Waals surface area contributed by atoms with Gasteiger partial charge in [0.2, 0.25) is 0 Å². The van der Waals surface area contributed by atoms with Gasteiger partial charge in [0.05, 0.1) is 18.8 Å². The molecule has 2 heterocycles. The normalized spacial score (nSPS) is 30.5. The molecule has 5 heteroatoms. The van der Waals surface area contributed by atoms with Crippen molar-refractivity contribution in [1.82, 2.24) is 0 Å². The largest absolute Gasteiger partial charge is 0.490 e. The molecule has 2 aliphatic heterocycles. The van der Waals surface area contributed by atoms with Gasteiger partial charge in [-0.1, -0.05) is 22.0 Å². The van der Waals surface area contributed by atoms with Crippen LogP contribution in [0.2, 0.25) is 0 Å². The molecule has 116 valence electrons. The fourth-order valence-corrected chi connectivity index (χ4v) is 3.45. The molecule has 21 heavy (non-hydrogen) atoms. The third-order valence-corrected chi connectivity index (χ3v) is 4.77. The molecule has 2 N–H and O–H groups in total. The van der Waals surface area contributed by atoms with Crippen molar-refractivity contribution in [3.05, 3.63) is 28.2 Å². The Hall–Kier alpha value is -0.620. The van der Waals surface area contributed by atoms with Crippen LogP contribution in [0.15, 0.2) is 22.7 Å². The van der Waals surface area contributed by atoms with E-state index in [0.717, 1.165) is 48.3 Å². The maximum Gasteiger partial charge on any atom is 0.125 e. The SMILES string of the molecule is C[C@H](N)c1ccc(Br)cc1OC1CCOC2(CCOC2)C1. The van der Waals surface area contributed by atoms with E-state index in [1.807, 2.05) is 25.1 Å². The fourth-order valence-electron chi connectivity index (χ4n) is 3.11. The predicted molar refractivity (Wildman–Crippen MR) is 84.5 cm³/mol. The zero-order chi connectivity index (χ0) is 14.9. The molecule has 1 aromatic carbocycles. The summed E-state index contributed by atoms with van der Waals surface area (Å²) in [6.07, 6.45) is 2.92. The molecule has 0 amide bonds. The summed E-state index contributed by atoms with van der Waals surface area (Å²) in [5.41, 5.74) is 6.95. The van der Waals surface area contributed by atoms with E-state index in [4.69, 9.17) is 19.9 Å². The molecule has 3 rings (SSSR count). The van der Waals surface area contributed by atoms with Crippen LogP contribution in [0.25, 0.3) is 0 Å². The van der Waals surface area contributed by atoms with Gasteiger partial charge < -0.3 is 19.9 Å². The van der Waals surface area contributed by atoms with Crippen LogP contribution < -0.4 is 10.5 Å². The minimum atomic E-state index is -0.135. The summed E-state index contributed by atoms with van der Waals surface area (Å²) in [7, 11) is 0. The Balaban J connectivity index is 1.75. The summed E-state index contributed by atoms with van der Waals surface area (Å²) in [6, 6.07) is 5.99. The first-order valence-electron chi connectivity index (χ1n) is 7.51. The van der Waals surface area contributed by atoms with Gasteiger partial charge in [0, 0.05) is 41.9 Å². The lowest BCUT2D eigenvalue weighted by molar-refractivity contribution is -0.112. The van der Waals surface area contributed by atoms with Crippen LogP contribution in [0.4, 0.5) is 0 Å². The van der Waals surface area contributed by atoms with Crippen LogP contribution in [0.1, 0.15) is 37.8 Å². The molecule has 4 nitrogen and oxygen atoms in total. The zero-order valence-electron chi connectivity index (χ0n) is 12.3. The zero-order valence-corrected chi connectivity index (χ0v) is 13.9. The van der Waals surface area contributed by atoms with Crippen LogP contribution >= 0.6 is 15.9 Å². The molecule has 0 radical (unpaired) electrons. The molecule has 0 bridgehead atoms. The second-order valence-electron chi connectivity index (χ2n) is 6.04. The van der Waals surface area contributed by atoms with Crippen molar-refractivity contribution in [1.29, 1.82) is 0 Å². The lowest BCUT2D eigenvalue weighted by Crippen LogP contribution is -2.44. The van der Waals surface area contributed by atoms with Crippen LogP contribution in [-0.2, 0) is 9.47 Å².